The fourth-order valence-electron chi connectivity index (χ4n) is 0.796. The van der Waals surface area contributed by atoms with Gasteiger partial charge >= 0.3 is 0 Å². The Kier molecular flexibility index (Phi) is 2.51. The Hall–Kier alpha value is -1.01. The quantitative estimate of drug-likeness (QED) is 0.725. The van der Waals surface area contributed by atoms with E-state index in [0.717, 1.165) is 4.88 Å². The van der Waals surface area contributed by atoms with Gasteiger partial charge in [0.25, 0.3) is 5.89 Å². The molecule has 0 fully saturated rings. The molecule has 0 N–H and O–H groups in total. The Morgan fingerprint density at radius 3 is 3.08 bits per heavy atom. The van der Waals surface area contributed by atoms with Crippen LogP contribution < -0.4 is 0 Å². The van der Waals surface area contributed by atoms with Crippen molar-refractivity contribution >= 4 is 23.1 Å². The molecule has 0 saturated heterocycles. The first-order valence-electron chi connectivity index (χ1n) is 3.56. The molecular formula is C6H5ClN4OS. The second kappa shape index (κ2) is 3.80. The molecule has 0 saturated carbocycles. The van der Waals surface area contributed by atoms with Crippen LogP contribution in [0.2, 0.25) is 0 Å². The molecule has 2 rings (SSSR count). The van der Waals surface area contributed by atoms with Crippen LogP contribution in [0.1, 0.15) is 5.89 Å². The molecule has 0 bridgehead atoms. The van der Waals surface area contributed by atoms with E-state index in [1.54, 1.807) is 6.20 Å². The summed E-state index contributed by atoms with van der Waals surface area (Å²) in [6, 6.07) is 0. The van der Waals surface area contributed by atoms with Crippen molar-refractivity contribution in [3.63, 3.8) is 0 Å². The molecule has 68 valence electrons. The lowest BCUT2D eigenvalue weighted by Crippen LogP contribution is -1.84. The zero-order valence-electron chi connectivity index (χ0n) is 6.47. The molecule has 0 radical (unpaired) electrons. The van der Waals surface area contributed by atoms with Crippen LogP contribution in [-0.4, -0.2) is 25.7 Å². The first kappa shape index (κ1) is 8.58. The van der Waals surface area contributed by atoms with E-state index in [0.29, 0.717) is 24.1 Å². The molecule has 13 heavy (non-hydrogen) atoms. The minimum absolute atomic E-state index is 0.454. The second-order valence-corrected chi connectivity index (χ2v) is 3.39. The average molecular weight is 217 g/mol. The summed E-state index contributed by atoms with van der Waals surface area (Å²) in [6.45, 7) is 0. The Morgan fingerprint density at radius 1 is 1.46 bits per heavy atom. The number of aromatic nitrogens is 4. The first-order valence-corrected chi connectivity index (χ1v) is 4.87. The van der Waals surface area contributed by atoms with E-state index in [9.17, 15) is 0 Å². The van der Waals surface area contributed by atoms with Crippen molar-refractivity contribution in [3.8, 4) is 10.8 Å². The Morgan fingerprint density at radius 2 is 2.38 bits per heavy atom. The predicted octanol–water partition coefficient (Wildman–Crippen LogP) is 1.37. The van der Waals surface area contributed by atoms with E-state index >= 15 is 0 Å². The van der Waals surface area contributed by atoms with Gasteiger partial charge in [-0.2, -0.15) is 0 Å². The molecule has 7 heteroatoms. The standard InChI is InChI=1S/C6H5ClN4OS/c7-2-1-5-9-10-6(12-5)4-3-8-11-13-4/h3H,1-2H2. The highest BCUT2D eigenvalue weighted by Gasteiger charge is 2.09. The number of aryl methyl sites for hydroxylation is 1. The molecule has 0 aromatic carbocycles. The SMILES string of the molecule is ClCCc1nnc(-c2cnns2)o1. The van der Waals surface area contributed by atoms with Gasteiger partial charge < -0.3 is 4.42 Å². The van der Waals surface area contributed by atoms with Crippen molar-refractivity contribution in [2.24, 2.45) is 0 Å². The highest BCUT2D eigenvalue weighted by atomic mass is 35.5. The van der Waals surface area contributed by atoms with Gasteiger partial charge in [-0.05, 0) is 11.5 Å². The van der Waals surface area contributed by atoms with Crippen molar-refractivity contribution in [3.05, 3.63) is 12.1 Å². The zero-order valence-corrected chi connectivity index (χ0v) is 8.05. The van der Waals surface area contributed by atoms with Crippen LogP contribution in [0.5, 0.6) is 0 Å². The summed E-state index contributed by atoms with van der Waals surface area (Å²) in [5.74, 6) is 1.47. The number of nitrogens with zero attached hydrogens (tertiary/aromatic N) is 4. The maximum atomic E-state index is 5.52. The number of rotatable bonds is 3. The van der Waals surface area contributed by atoms with Gasteiger partial charge in [0.2, 0.25) is 5.89 Å². The molecule has 2 aromatic rings. The van der Waals surface area contributed by atoms with Crippen molar-refractivity contribution in [1.29, 1.82) is 0 Å². The van der Waals surface area contributed by atoms with E-state index in [4.69, 9.17) is 16.0 Å². The molecule has 0 aliphatic rings. The summed E-state index contributed by atoms with van der Waals surface area (Å²) in [6.07, 6.45) is 2.17. The minimum atomic E-state index is 0.454. The third-order valence-corrected chi connectivity index (χ3v) is 2.19. The van der Waals surface area contributed by atoms with E-state index in [1.807, 2.05) is 0 Å². The van der Waals surface area contributed by atoms with Gasteiger partial charge in [0.1, 0.15) is 4.88 Å². The molecule has 2 heterocycles. The maximum absolute atomic E-state index is 5.52. The molecule has 0 amide bonds. The molecule has 0 atom stereocenters. The van der Waals surface area contributed by atoms with Crippen LogP contribution in [0.4, 0.5) is 0 Å². The van der Waals surface area contributed by atoms with Gasteiger partial charge in [0.05, 0.1) is 6.20 Å². The van der Waals surface area contributed by atoms with Gasteiger partial charge in [-0.15, -0.1) is 26.9 Å². The van der Waals surface area contributed by atoms with E-state index in [2.05, 4.69) is 19.8 Å². The van der Waals surface area contributed by atoms with Gasteiger partial charge in [-0.25, -0.2) is 0 Å². The second-order valence-electron chi connectivity index (χ2n) is 2.22. The molecule has 2 aromatic heterocycles. The summed E-state index contributed by atoms with van der Waals surface area (Å²) < 4.78 is 8.98. The van der Waals surface area contributed by atoms with E-state index in [-0.39, 0.29) is 0 Å². The van der Waals surface area contributed by atoms with Gasteiger partial charge in [-0.1, -0.05) is 4.49 Å². The molecule has 0 spiro atoms. The summed E-state index contributed by atoms with van der Waals surface area (Å²) in [5, 5.41) is 11.3. The zero-order chi connectivity index (χ0) is 9.10. The number of halogens is 1. The number of alkyl halides is 1. The maximum Gasteiger partial charge on any atom is 0.261 e. The molecule has 0 unspecified atom stereocenters. The van der Waals surface area contributed by atoms with Crippen LogP contribution in [0.15, 0.2) is 10.6 Å². The summed E-state index contributed by atoms with van der Waals surface area (Å²) in [4.78, 5) is 0.772. The lowest BCUT2D eigenvalue weighted by Gasteiger charge is -1.84. The topological polar surface area (TPSA) is 64.7 Å². The molecule has 0 aliphatic heterocycles. The highest BCUT2D eigenvalue weighted by Crippen LogP contribution is 2.19. The minimum Gasteiger partial charge on any atom is -0.420 e. The smallest absolute Gasteiger partial charge is 0.261 e. The van der Waals surface area contributed by atoms with Crippen LogP contribution in [-0.2, 0) is 6.42 Å². The highest BCUT2D eigenvalue weighted by molar-refractivity contribution is 7.09. The Bertz CT molecular complexity index is 374. The van der Waals surface area contributed by atoms with E-state index in [1.165, 1.54) is 11.5 Å². The summed E-state index contributed by atoms with van der Waals surface area (Å²) in [5.41, 5.74) is 0. The number of hydrogen-bond donors (Lipinski definition) is 0. The van der Waals surface area contributed by atoms with Crippen LogP contribution in [0.3, 0.4) is 0 Å². The van der Waals surface area contributed by atoms with Crippen LogP contribution >= 0.6 is 23.1 Å². The van der Waals surface area contributed by atoms with Gasteiger partial charge in [-0.3, -0.25) is 0 Å². The lowest BCUT2D eigenvalue weighted by molar-refractivity contribution is 0.514. The summed E-state index contributed by atoms with van der Waals surface area (Å²) >= 11 is 6.74. The fraction of sp³-hybridized carbons (Fsp3) is 0.333. The molecule has 5 nitrogen and oxygen atoms in total. The third-order valence-electron chi connectivity index (χ3n) is 1.35. The molecular weight excluding hydrogens is 212 g/mol. The fourth-order valence-corrected chi connectivity index (χ4v) is 1.40. The Balaban J connectivity index is 2.23. The summed E-state index contributed by atoms with van der Waals surface area (Å²) in [7, 11) is 0. The van der Waals surface area contributed by atoms with Gasteiger partial charge in [0, 0.05) is 12.3 Å². The van der Waals surface area contributed by atoms with E-state index < -0.39 is 0 Å². The van der Waals surface area contributed by atoms with Crippen molar-refractivity contribution in [2.45, 2.75) is 6.42 Å². The van der Waals surface area contributed by atoms with Crippen molar-refractivity contribution in [1.82, 2.24) is 19.8 Å². The largest absolute Gasteiger partial charge is 0.420 e. The van der Waals surface area contributed by atoms with Crippen molar-refractivity contribution < 1.29 is 4.42 Å². The normalized spacial score (nSPS) is 10.5. The monoisotopic (exact) mass is 216 g/mol. The first-order chi connectivity index (χ1) is 6.40. The van der Waals surface area contributed by atoms with Crippen LogP contribution in [0, 0.1) is 0 Å². The number of hydrogen-bond acceptors (Lipinski definition) is 6. The van der Waals surface area contributed by atoms with Crippen LogP contribution in [0.25, 0.3) is 10.8 Å². The van der Waals surface area contributed by atoms with Gasteiger partial charge in [0.15, 0.2) is 0 Å². The lowest BCUT2D eigenvalue weighted by atomic mass is 10.5. The molecule has 0 aliphatic carbocycles. The predicted molar refractivity (Wildman–Crippen MR) is 47.6 cm³/mol. The van der Waals surface area contributed by atoms with Crippen molar-refractivity contribution in [2.75, 3.05) is 5.88 Å². The average Bonchev–Trinajstić information content (AvgIpc) is 2.70. The Labute approximate surface area is 82.9 Å². The third kappa shape index (κ3) is 1.84.